The lowest BCUT2D eigenvalue weighted by Crippen LogP contribution is -1.99. The Morgan fingerprint density at radius 3 is 2.39 bits per heavy atom. The van der Waals surface area contributed by atoms with E-state index in [1.54, 1.807) is 0 Å². The van der Waals surface area contributed by atoms with E-state index in [0.717, 1.165) is 17.0 Å². The minimum absolute atomic E-state index is 0.665. The fourth-order valence-corrected chi connectivity index (χ4v) is 1.73. The maximum absolute atomic E-state index is 6.04. The molecule has 0 spiro atoms. The van der Waals surface area contributed by atoms with Gasteiger partial charge in [-0.3, -0.25) is 5.43 Å². The first-order chi connectivity index (χ1) is 8.66. The normalized spacial score (nSPS) is 11.4. The van der Waals surface area contributed by atoms with Gasteiger partial charge in [0, 0.05) is 0 Å². The van der Waals surface area contributed by atoms with Gasteiger partial charge in [0.1, 0.15) is 0 Å². The average molecular weight is 259 g/mol. The highest BCUT2D eigenvalue weighted by Gasteiger charge is 1.99. The zero-order chi connectivity index (χ0) is 13.0. The van der Waals surface area contributed by atoms with Crippen LogP contribution >= 0.6 is 11.6 Å². The zero-order valence-corrected chi connectivity index (χ0v) is 11.2. The molecule has 0 saturated heterocycles. The van der Waals surface area contributed by atoms with Crippen LogP contribution in [-0.2, 0) is 0 Å². The Hall–Kier alpha value is -1.80. The molecule has 0 radical (unpaired) electrons. The van der Waals surface area contributed by atoms with E-state index in [4.69, 9.17) is 11.6 Å². The van der Waals surface area contributed by atoms with Gasteiger partial charge in [0.15, 0.2) is 0 Å². The van der Waals surface area contributed by atoms with Crippen molar-refractivity contribution in [2.24, 2.45) is 5.10 Å². The largest absolute Gasteiger partial charge is 0.277 e. The fraction of sp³-hybridized carbons (Fsp3) is 0.133. The molecule has 0 heterocycles. The average Bonchev–Trinajstić information content (AvgIpc) is 2.38. The molecule has 0 aliphatic carbocycles. The Morgan fingerprint density at radius 1 is 1.06 bits per heavy atom. The summed E-state index contributed by atoms with van der Waals surface area (Å²) in [6, 6.07) is 15.8. The van der Waals surface area contributed by atoms with Crippen LogP contribution in [-0.4, -0.2) is 5.71 Å². The van der Waals surface area contributed by atoms with Crippen LogP contribution in [0.25, 0.3) is 0 Å². The molecule has 0 bridgehead atoms. The van der Waals surface area contributed by atoms with E-state index in [-0.39, 0.29) is 0 Å². The van der Waals surface area contributed by atoms with Crippen molar-refractivity contribution in [2.45, 2.75) is 13.8 Å². The van der Waals surface area contributed by atoms with E-state index in [2.05, 4.69) is 41.7 Å². The summed E-state index contributed by atoms with van der Waals surface area (Å²) in [6.07, 6.45) is 0. The van der Waals surface area contributed by atoms with Gasteiger partial charge in [0.05, 0.1) is 16.4 Å². The summed E-state index contributed by atoms with van der Waals surface area (Å²) in [4.78, 5) is 0. The second-order valence-electron chi connectivity index (χ2n) is 4.15. The molecule has 2 nitrogen and oxygen atoms in total. The summed E-state index contributed by atoms with van der Waals surface area (Å²) in [7, 11) is 0. The number of hydrogen-bond donors (Lipinski definition) is 1. The van der Waals surface area contributed by atoms with Crippen LogP contribution in [0.3, 0.4) is 0 Å². The molecule has 18 heavy (non-hydrogen) atoms. The summed E-state index contributed by atoms with van der Waals surface area (Å²) in [5.74, 6) is 0. The predicted octanol–water partition coefficient (Wildman–Crippen LogP) is 4.48. The van der Waals surface area contributed by atoms with Gasteiger partial charge in [-0.05, 0) is 31.5 Å². The smallest absolute Gasteiger partial charge is 0.0748 e. The predicted molar refractivity (Wildman–Crippen MR) is 78.5 cm³/mol. The number of hydrazone groups is 1. The van der Waals surface area contributed by atoms with Crippen LogP contribution in [0.2, 0.25) is 5.02 Å². The number of aryl methyl sites for hydroxylation is 1. The van der Waals surface area contributed by atoms with Gasteiger partial charge in [-0.1, -0.05) is 53.6 Å². The molecular weight excluding hydrogens is 244 g/mol. The van der Waals surface area contributed by atoms with Crippen LogP contribution in [0.15, 0.2) is 53.6 Å². The molecule has 2 aromatic rings. The molecule has 0 aliphatic rings. The van der Waals surface area contributed by atoms with Crippen molar-refractivity contribution in [2.75, 3.05) is 5.43 Å². The molecule has 0 aliphatic heterocycles. The van der Waals surface area contributed by atoms with Gasteiger partial charge < -0.3 is 0 Å². The molecular formula is C15H15ClN2. The lowest BCUT2D eigenvalue weighted by Gasteiger charge is -2.05. The number of halogens is 1. The number of anilines is 1. The molecule has 0 atom stereocenters. The summed E-state index contributed by atoms with van der Waals surface area (Å²) >= 11 is 6.04. The topological polar surface area (TPSA) is 24.4 Å². The van der Waals surface area contributed by atoms with Gasteiger partial charge in [-0.25, -0.2) is 0 Å². The van der Waals surface area contributed by atoms with Crippen LogP contribution in [0.4, 0.5) is 5.69 Å². The molecule has 2 aromatic carbocycles. The first-order valence-corrected chi connectivity index (χ1v) is 6.16. The third kappa shape index (κ3) is 3.11. The monoisotopic (exact) mass is 258 g/mol. The molecule has 0 fully saturated rings. The van der Waals surface area contributed by atoms with E-state index < -0.39 is 0 Å². The van der Waals surface area contributed by atoms with Crippen LogP contribution in [0.5, 0.6) is 0 Å². The molecule has 0 saturated carbocycles. The van der Waals surface area contributed by atoms with Crippen molar-refractivity contribution in [3.63, 3.8) is 0 Å². The molecule has 1 N–H and O–H groups in total. The first-order valence-electron chi connectivity index (χ1n) is 5.78. The molecule has 0 amide bonds. The van der Waals surface area contributed by atoms with Crippen molar-refractivity contribution < 1.29 is 0 Å². The SMILES string of the molecule is C/C(=N/Nc1ccccc1Cl)c1ccc(C)cc1. The minimum atomic E-state index is 0.665. The number of benzene rings is 2. The Balaban J connectivity index is 2.14. The van der Waals surface area contributed by atoms with E-state index in [1.807, 2.05) is 31.2 Å². The van der Waals surface area contributed by atoms with Gasteiger partial charge in [-0.15, -0.1) is 0 Å². The van der Waals surface area contributed by atoms with E-state index in [0.29, 0.717) is 5.02 Å². The highest BCUT2D eigenvalue weighted by Crippen LogP contribution is 2.20. The molecule has 0 aromatic heterocycles. The minimum Gasteiger partial charge on any atom is -0.277 e. The Kier molecular flexibility index (Phi) is 4.00. The summed E-state index contributed by atoms with van der Waals surface area (Å²) in [6.45, 7) is 4.03. The Labute approximate surface area is 112 Å². The lowest BCUT2D eigenvalue weighted by molar-refractivity contribution is 1.32. The van der Waals surface area contributed by atoms with Crippen molar-refractivity contribution in [1.29, 1.82) is 0 Å². The van der Waals surface area contributed by atoms with E-state index in [9.17, 15) is 0 Å². The van der Waals surface area contributed by atoms with E-state index >= 15 is 0 Å². The Morgan fingerprint density at radius 2 is 1.72 bits per heavy atom. The summed E-state index contributed by atoms with van der Waals surface area (Å²) in [5, 5.41) is 5.00. The number of hydrogen-bond acceptors (Lipinski definition) is 2. The van der Waals surface area contributed by atoms with Gasteiger partial charge in [0.2, 0.25) is 0 Å². The lowest BCUT2D eigenvalue weighted by atomic mass is 10.1. The summed E-state index contributed by atoms with van der Waals surface area (Å²) in [5.41, 5.74) is 7.06. The van der Waals surface area contributed by atoms with Crippen molar-refractivity contribution in [3.05, 3.63) is 64.7 Å². The second kappa shape index (κ2) is 5.69. The standard InChI is InChI=1S/C15H15ClN2/c1-11-7-9-13(10-8-11)12(2)17-18-15-6-4-3-5-14(15)16/h3-10,18H,1-2H3/b17-12-. The highest BCUT2D eigenvalue weighted by atomic mass is 35.5. The highest BCUT2D eigenvalue weighted by molar-refractivity contribution is 6.33. The zero-order valence-electron chi connectivity index (χ0n) is 10.4. The maximum atomic E-state index is 6.04. The molecule has 0 unspecified atom stereocenters. The number of rotatable bonds is 3. The molecule has 2 rings (SSSR count). The van der Waals surface area contributed by atoms with Crippen LogP contribution < -0.4 is 5.43 Å². The maximum Gasteiger partial charge on any atom is 0.0748 e. The van der Waals surface area contributed by atoms with Gasteiger partial charge in [0.25, 0.3) is 0 Å². The summed E-state index contributed by atoms with van der Waals surface area (Å²) < 4.78 is 0. The third-order valence-corrected chi connectivity index (χ3v) is 3.02. The van der Waals surface area contributed by atoms with Crippen molar-refractivity contribution in [3.8, 4) is 0 Å². The quantitative estimate of drug-likeness (QED) is 0.637. The third-order valence-electron chi connectivity index (χ3n) is 2.69. The van der Waals surface area contributed by atoms with E-state index in [1.165, 1.54) is 5.56 Å². The van der Waals surface area contributed by atoms with Gasteiger partial charge >= 0.3 is 0 Å². The van der Waals surface area contributed by atoms with Crippen molar-refractivity contribution in [1.82, 2.24) is 0 Å². The first kappa shape index (κ1) is 12.7. The number of nitrogens with one attached hydrogen (secondary N) is 1. The number of nitrogens with zero attached hydrogens (tertiary/aromatic N) is 1. The van der Waals surface area contributed by atoms with Crippen molar-refractivity contribution >= 4 is 23.0 Å². The molecule has 92 valence electrons. The van der Waals surface area contributed by atoms with Crippen LogP contribution in [0.1, 0.15) is 18.1 Å². The number of para-hydroxylation sites is 1. The van der Waals surface area contributed by atoms with Gasteiger partial charge in [-0.2, -0.15) is 5.10 Å². The van der Waals surface area contributed by atoms with Crippen LogP contribution in [0, 0.1) is 6.92 Å². The molecule has 3 heteroatoms. The second-order valence-corrected chi connectivity index (χ2v) is 4.56. The Bertz CT molecular complexity index is 559. The fourth-order valence-electron chi connectivity index (χ4n) is 1.56.